The van der Waals surface area contributed by atoms with Crippen LogP contribution in [0.25, 0.3) is 88.4 Å². The van der Waals surface area contributed by atoms with Gasteiger partial charge in [-0.2, -0.15) is 0 Å². The van der Waals surface area contributed by atoms with Gasteiger partial charge in [0, 0.05) is 62.9 Å². The molecule has 0 spiro atoms. The lowest BCUT2D eigenvalue weighted by molar-refractivity contribution is 0.666. The molecule has 0 unspecified atom stereocenters. The Bertz CT molecular complexity index is 3210. The molecular formula is C51H35N5O. The van der Waals surface area contributed by atoms with E-state index in [1.165, 1.54) is 49.3 Å². The molecule has 6 nitrogen and oxygen atoms in total. The van der Waals surface area contributed by atoms with E-state index in [2.05, 4.69) is 155 Å². The number of aromatic nitrogens is 5. The topological polar surface area (TPSA) is 69.6 Å². The largest absolute Gasteiger partial charge is 0.454 e. The normalized spacial score (nSPS) is 11.7. The molecule has 0 atom stereocenters. The summed E-state index contributed by atoms with van der Waals surface area (Å²) in [6, 6.07) is 57.5. The number of pyridine rings is 1. The van der Waals surface area contributed by atoms with Crippen LogP contribution in [0.15, 0.2) is 181 Å². The van der Waals surface area contributed by atoms with E-state index < -0.39 is 0 Å². The fraction of sp³-hybridized carbons (Fsp3) is 0.0588. The monoisotopic (exact) mass is 733 g/mol. The number of rotatable bonds is 8. The first-order chi connectivity index (χ1) is 28.2. The molecule has 0 bridgehead atoms. The van der Waals surface area contributed by atoms with E-state index in [4.69, 9.17) is 19.4 Å². The van der Waals surface area contributed by atoms with Gasteiger partial charge in [-0.3, -0.25) is 4.98 Å². The van der Waals surface area contributed by atoms with Gasteiger partial charge in [0.2, 0.25) is 0 Å². The summed E-state index contributed by atoms with van der Waals surface area (Å²) < 4.78 is 8.82. The SMILES string of the molecule is c1ccc(-c2nc(CCc3c(Cn4c5ccccc5c5ccccc54)ccc4oc5cnccc5c34)nc(-c3ccc(-c4cccc5ccccc45)cc3)n2)cc1. The highest BCUT2D eigenvalue weighted by Crippen LogP contribution is 2.36. The van der Waals surface area contributed by atoms with E-state index in [-0.39, 0.29) is 0 Å². The van der Waals surface area contributed by atoms with Gasteiger partial charge in [-0.05, 0) is 63.7 Å². The van der Waals surface area contributed by atoms with E-state index in [0.717, 1.165) is 44.5 Å². The standard InChI is InChI=1S/C51H35N5O/c1-2-12-35(13-3-1)50-53-48(54-51(55-50)36-23-21-34(22-24-36)39-18-10-14-33-11-4-5-15-38(33)39)28-26-40-37(25-27-46-49(40)43-29-30-52-31-47(43)57-46)32-56-44-19-8-6-16-41(44)42-17-7-9-20-45(42)56/h1-25,27,29-31H,26,28,32H2. The average molecular weight is 734 g/mol. The Kier molecular flexibility index (Phi) is 7.91. The zero-order valence-corrected chi connectivity index (χ0v) is 31.0. The number of para-hydroxylation sites is 2. The van der Waals surface area contributed by atoms with Crippen LogP contribution in [0.3, 0.4) is 0 Å². The molecule has 11 rings (SSSR count). The molecule has 0 saturated heterocycles. The number of fused-ring (bicyclic) bond motifs is 7. The fourth-order valence-electron chi connectivity index (χ4n) is 8.50. The summed E-state index contributed by atoms with van der Waals surface area (Å²) in [4.78, 5) is 19.7. The van der Waals surface area contributed by atoms with E-state index in [1.807, 2.05) is 30.6 Å². The highest BCUT2D eigenvalue weighted by molar-refractivity contribution is 6.09. The molecule has 0 radical (unpaired) electrons. The van der Waals surface area contributed by atoms with Gasteiger partial charge in [0.05, 0.1) is 6.20 Å². The predicted octanol–water partition coefficient (Wildman–Crippen LogP) is 12.3. The molecule has 0 aliphatic rings. The zero-order valence-electron chi connectivity index (χ0n) is 31.0. The molecule has 57 heavy (non-hydrogen) atoms. The highest BCUT2D eigenvalue weighted by atomic mass is 16.3. The minimum Gasteiger partial charge on any atom is -0.454 e. The second kappa shape index (κ2) is 13.7. The van der Waals surface area contributed by atoms with Crippen molar-refractivity contribution in [2.45, 2.75) is 19.4 Å². The third-order valence-corrected chi connectivity index (χ3v) is 11.2. The summed E-state index contributed by atoms with van der Waals surface area (Å²) in [6.45, 7) is 0.706. The maximum Gasteiger partial charge on any atom is 0.163 e. The van der Waals surface area contributed by atoms with Crippen LogP contribution in [0.4, 0.5) is 0 Å². The fourth-order valence-corrected chi connectivity index (χ4v) is 8.50. The highest BCUT2D eigenvalue weighted by Gasteiger charge is 2.19. The molecule has 4 heterocycles. The number of hydrogen-bond donors (Lipinski definition) is 0. The first kappa shape index (κ1) is 32.9. The third kappa shape index (κ3) is 5.81. The van der Waals surface area contributed by atoms with Crippen LogP contribution >= 0.6 is 0 Å². The van der Waals surface area contributed by atoms with Crippen molar-refractivity contribution < 1.29 is 4.42 Å². The number of benzene rings is 7. The van der Waals surface area contributed by atoms with E-state index in [1.54, 1.807) is 0 Å². The summed E-state index contributed by atoms with van der Waals surface area (Å²) in [5, 5.41) is 7.15. The minimum atomic E-state index is 0.612. The van der Waals surface area contributed by atoms with Crippen LogP contribution in [0.2, 0.25) is 0 Å². The van der Waals surface area contributed by atoms with Crippen molar-refractivity contribution in [3.63, 3.8) is 0 Å². The lowest BCUT2D eigenvalue weighted by Gasteiger charge is -2.15. The first-order valence-corrected chi connectivity index (χ1v) is 19.4. The van der Waals surface area contributed by atoms with Crippen LogP contribution in [0.1, 0.15) is 17.0 Å². The van der Waals surface area contributed by atoms with Crippen molar-refractivity contribution in [1.82, 2.24) is 24.5 Å². The van der Waals surface area contributed by atoms with Crippen LogP contribution in [0, 0.1) is 0 Å². The Balaban J connectivity index is 1.01. The smallest absolute Gasteiger partial charge is 0.163 e. The third-order valence-electron chi connectivity index (χ3n) is 11.2. The maximum atomic E-state index is 6.38. The molecule has 0 aliphatic heterocycles. The van der Waals surface area contributed by atoms with Gasteiger partial charge in [0.15, 0.2) is 17.2 Å². The minimum absolute atomic E-state index is 0.612. The van der Waals surface area contributed by atoms with E-state index >= 15 is 0 Å². The van der Waals surface area contributed by atoms with Crippen LogP contribution in [-0.2, 0) is 19.4 Å². The van der Waals surface area contributed by atoms with Crippen LogP contribution in [0.5, 0.6) is 0 Å². The molecule has 270 valence electrons. The van der Waals surface area contributed by atoms with Gasteiger partial charge in [0.1, 0.15) is 11.4 Å². The van der Waals surface area contributed by atoms with Gasteiger partial charge >= 0.3 is 0 Å². The Hall–Kier alpha value is -7.44. The second-order valence-corrected chi connectivity index (χ2v) is 14.5. The lowest BCUT2D eigenvalue weighted by atomic mass is 9.96. The van der Waals surface area contributed by atoms with E-state index in [0.29, 0.717) is 31.0 Å². The molecule has 0 saturated carbocycles. The number of aryl methyl sites for hydroxylation is 2. The molecule has 0 fully saturated rings. The summed E-state index contributed by atoms with van der Waals surface area (Å²) in [5.74, 6) is 2.07. The number of nitrogens with zero attached hydrogens (tertiary/aromatic N) is 5. The van der Waals surface area contributed by atoms with Gasteiger partial charge in [-0.1, -0.05) is 140 Å². The predicted molar refractivity (Wildman–Crippen MR) is 231 cm³/mol. The number of furan rings is 1. The Morgan fingerprint density at radius 1 is 0.474 bits per heavy atom. The van der Waals surface area contributed by atoms with Gasteiger partial charge in [-0.25, -0.2) is 15.0 Å². The molecule has 0 aliphatic carbocycles. The summed E-state index contributed by atoms with van der Waals surface area (Å²) in [6.07, 6.45) is 4.97. The molecule has 11 aromatic rings. The Morgan fingerprint density at radius 3 is 1.89 bits per heavy atom. The van der Waals surface area contributed by atoms with Crippen LogP contribution in [-0.4, -0.2) is 24.5 Å². The first-order valence-electron chi connectivity index (χ1n) is 19.4. The summed E-state index contributed by atoms with van der Waals surface area (Å²) >= 11 is 0. The molecule has 0 amide bonds. The molecule has 4 aromatic heterocycles. The summed E-state index contributed by atoms with van der Waals surface area (Å²) in [7, 11) is 0. The maximum absolute atomic E-state index is 6.38. The lowest BCUT2D eigenvalue weighted by Crippen LogP contribution is -2.08. The van der Waals surface area contributed by atoms with Gasteiger partial charge in [0.25, 0.3) is 0 Å². The van der Waals surface area contributed by atoms with Crippen LogP contribution < -0.4 is 0 Å². The van der Waals surface area contributed by atoms with Crippen molar-refractivity contribution in [3.8, 4) is 33.9 Å². The second-order valence-electron chi connectivity index (χ2n) is 14.5. The molecule has 0 N–H and O–H groups in total. The Labute approximate surface area is 328 Å². The van der Waals surface area contributed by atoms with Crippen molar-refractivity contribution >= 4 is 54.5 Å². The summed E-state index contributed by atoms with van der Waals surface area (Å²) in [5.41, 5.74) is 10.8. The molecule has 7 aromatic carbocycles. The van der Waals surface area contributed by atoms with Crippen molar-refractivity contribution in [2.75, 3.05) is 0 Å². The Morgan fingerprint density at radius 2 is 1.12 bits per heavy atom. The van der Waals surface area contributed by atoms with Crippen molar-refractivity contribution in [3.05, 3.63) is 193 Å². The quantitative estimate of drug-likeness (QED) is 0.155. The number of hydrogen-bond acceptors (Lipinski definition) is 5. The van der Waals surface area contributed by atoms with E-state index in [9.17, 15) is 0 Å². The average Bonchev–Trinajstić information content (AvgIpc) is 3.82. The zero-order chi connectivity index (χ0) is 37.7. The van der Waals surface area contributed by atoms with Crippen molar-refractivity contribution in [2.24, 2.45) is 0 Å². The molecular weight excluding hydrogens is 699 g/mol. The van der Waals surface area contributed by atoms with Gasteiger partial charge in [-0.15, -0.1) is 0 Å². The van der Waals surface area contributed by atoms with Gasteiger partial charge < -0.3 is 8.98 Å². The van der Waals surface area contributed by atoms with Crippen molar-refractivity contribution in [1.29, 1.82) is 0 Å². The molecule has 6 heteroatoms.